The molecule has 11 aromatic rings. The van der Waals surface area contributed by atoms with Crippen molar-refractivity contribution in [1.82, 2.24) is 0 Å². The fourth-order valence-electron chi connectivity index (χ4n) is 7.70. The molecule has 1 aromatic heterocycles. The molecular formula is C50H30O. The van der Waals surface area contributed by atoms with E-state index in [2.05, 4.69) is 0 Å². The summed E-state index contributed by atoms with van der Waals surface area (Å²) in [6.45, 7) is 0. The predicted molar refractivity (Wildman–Crippen MR) is 218 cm³/mol. The van der Waals surface area contributed by atoms with E-state index in [0.29, 0.717) is 33.1 Å². The topological polar surface area (TPSA) is 13.1 Å². The normalized spacial score (nSPS) is 16.0. The number of benzene rings is 10. The van der Waals surface area contributed by atoms with E-state index in [4.69, 9.17) is 18.1 Å². The lowest BCUT2D eigenvalue weighted by Gasteiger charge is -2.20. The fourth-order valence-corrected chi connectivity index (χ4v) is 7.70. The second-order valence-corrected chi connectivity index (χ2v) is 12.4. The number of furan rings is 1. The maximum Gasteiger partial charge on any atom is 0.143 e. The molecule has 0 N–H and O–H groups in total. The largest absolute Gasteiger partial charge is 0.455 e. The molecule has 1 nitrogen and oxygen atoms in total. The maximum atomic E-state index is 9.64. The van der Waals surface area contributed by atoms with Gasteiger partial charge in [-0.25, -0.2) is 0 Å². The molecule has 1 heteroatoms. The molecule has 0 atom stereocenters. The summed E-state index contributed by atoms with van der Waals surface area (Å²) >= 11 is 0. The van der Waals surface area contributed by atoms with Crippen LogP contribution in [0.25, 0.3) is 109 Å². The first kappa shape index (κ1) is 17.3. The molecule has 0 saturated carbocycles. The van der Waals surface area contributed by atoms with Crippen LogP contribution in [-0.4, -0.2) is 0 Å². The van der Waals surface area contributed by atoms with Gasteiger partial charge in [-0.05, 0) is 94.0 Å². The van der Waals surface area contributed by atoms with Crippen LogP contribution in [0.1, 0.15) is 20.6 Å². The molecular weight excluding hydrogens is 617 g/mol. The van der Waals surface area contributed by atoms with Gasteiger partial charge in [0, 0.05) is 16.2 Å². The van der Waals surface area contributed by atoms with E-state index in [1.807, 2.05) is 78.9 Å². The van der Waals surface area contributed by atoms with Gasteiger partial charge in [0.2, 0.25) is 0 Å². The van der Waals surface area contributed by atoms with Crippen LogP contribution in [0.5, 0.6) is 0 Å². The van der Waals surface area contributed by atoms with Crippen LogP contribution in [0, 0.1) is 0 Å². The van der Waals surface area contributed by atoms with Crippen LogP contribution in [0.4, 0.5) is 0 Å². The predicted octanol–water partition coefficient (Wildman–Crippen LogP) is 14.4. The molecule has 51 heavy (non-hydrogen) atoms. The van der Waals surface area contributed by atoms with Gasteiger partial charge in [-0.3, -0.25) is 0 Å². The van der Waals surface area contributed by atoms with Gasteiger partial charge in [-0.15, -0.1) is 0 Å². The Bertz CT molecular complexity index is 3970. The fraction of sp³-hybridized carbons (Fsp3) is 0. The minimum atomic E-state index is -0.762. The van der Waals surface area contributed by atoms with Crippen LogP contribution in [0.15, 0.2) is 186 Å². The highest BCUT2D eigenvalue weighted by atomic mass is 16.3. The Morgan fingerprint density at radius 3 is 1.65 bits per heavy atom. The maximum absolute atomic E-state index is 9.64. The summed E-state index contributed by atoms with van der Waals surface area (Å²) in [6.07, 6.45) is 0. The minimum absolute atomic E-state index is 0.0250. The molecule has 0 bridgehead atoms. The molecule has 0 radical (unpaired) electrons. The first-order valence-corrected chi connectivity index (χ1v) is 16.4. The van der Waals surface area contributed by atoms with Gasteiger partial charge in [0.25, 0.3) is 0 Å². The number of rotatable bonds is 3. The van der Waals surface area contributed by atoms with Crippen LogP contribution >= 0.6 is 0 Å². The summed E-state index contributed by atoms with van der Waals surface area (Å²) in [5.41, 5.74) is 2.30. The van der Waals surface area contributed by atoms with Gasteiger partial charge in [-0.1, -0.05) is 169 Å². The molecule has 0 unspecified atom stereocenters. The van der Waals surface area contributed by atoms with Crippen molar-refractivity contribution >= 4 is 75.8 Å². The molecule has 0 aliphatic carbocycles. The Morgan fingerprint density at radius 2 is 0.902 bits per heavy atom. The number of hydrogen-bond donors (Lipinski definition) is 0. The minimum Gasteiger partial charge on any atom is -0.455 e. The third kappa shape index (κ3) is 4.09. The third-order valence-corrected chi connectivity index (χ3v) is 9.79. The van der Waals surface area contributed by atoms with E-state index < -0.39 is 107 Å². The van der Waals surface area contributed by atoms with Crippen molar-refractivity contribution in [2.75, 3.05) is 0 Å². The Balaban J connectivity index is 1.40. The van der Waals surface area contributed by atoms with Gasteiger partial charge < -0.3 is 4.42 Å². The number of fused-ring (bicyclic) bond motifs is 9. The molecule has 1 heterocycles. The summed E-state index contributed by atoms with van der Waals surface area (Å²) in [5.74, 6) is 0. The van der Waals surface area contributed by atoms with Crippen molar-refractivity contribution in [2.45, 2.75) is 0 Å². The van der Waals surface area contributed by atoms with Crippen molar-refractivity contribution < 1.29 is 25.0 Å². The van der Waals surface area contributed by atoms with Crippen molar-refractivity contribution in [3.05, 3.63) is 182 Å². The average Bonchev–Trinajstić information content (AvgIpc) is 3.72. The zero-order chi connectivity index (χ0) is 46.5. The molecule has 0 saturated heterocycles. The third-order valence-electron chi connectivity index (χ3n) is 9.79. The summed E-state index contributed by atoms with van der Waals surface area (Å²) in [7, 11) is 0. The van der Waals surface area contributed by atoms with Crippen molar-refractivity contribution in [2.24, 2.45) is 0 Å². The Labute approximate surface area is 315 Å². The molecule has 0 amide bonds. The lowest BCUT2D eigenvalue weighted by Crippen LogP contribution is -1.93. The Kier molecular flexibility index (Phi) is 3.70. The van der Waals surface area contributed by atoms with E-state index in [9.17, 15) is 6.85 Å². The highest BCUT2D eigenvalue weighted by Crippen LogP contribution is 2.49. The summed E-state index contributed by atoms with van der Waals surface area (Å²) in [5, 5.41) is 2.99. The monoisotopic (exact) mass is 661 g/mol. The highest BCUT2D eigenvalue weighted by molar-refractivity contribution is 6.27. The molecule has 0 fully saturated rings. The van der Waals surface area contributed by atoms with Crippen molar-refractivity contribution in [1.29, 1.82) is 0 Å². The van der Waals surface area contributed by atoms with Crippen LogP contribution in [0.3, 0.4) is 0 Å². The quantitative estimate of drug-likeness (QED) is 0.172. The van der Waals surface area contributed by atoms with Gasteiger partial charge in [0.05, 0.1) is 20.6 Å². The smallest absolute Gasteiger partial charge is 0.143 e. The lowest BCUT2D eigenvalue weighted by molar-refractivity contribution is 0.673. The second kappa shape index (κ2) is 10.9. The second-order valence-electron chi connectivity index (χ2n) is 12.4. The summed E-state index contributed by atoms with van der Waals surface area (Å²) in [6, 6.07) is 18.4. The van der Waals surface area contributed by atoms with E-state index in [0.717, 1.165) is 27.1 Å². The Morgan fingerprint density at radius 1 is 0.333 bits per heavy atom. The van der Waals surface area contributed by atoms with E-state index in [1.54, 1.807) is 12.1 Å². The van der Waals surface area contributed by atoms with E-state index >= 15 is 0 Å². The molecule has 0 spiro atoms. The first-order chi connectivity index (χ1) is 31.6. The van der Waals surface area contributed by atoms with Crippen LogP contribution in [0.2, 0.25) is 0 Å². The van der Waals surface area contributed by atoms with Crippen LogP contribution in [-0.2, 0) is 0 Å². The molecule has 0 aliphatic heterocycles. The molecule has 11 rings (SSSR count). The lowest BCUT2D eigenvalue weighted by atomic mass is 9.82. The standard InChI is InChI=1S/C50H30O/c1-3-18-34-31(13-1)15-9-24-36(34)47-38-20-5-7-22-40(38)48(41-23-8-6-21-39(41)47)43-27-11-17-33-16-10-25-37(46(33)43)42-26-12-28-45-49(42)44-30-29-32-14-2-4-19-35(32)50(44)51-45/h1-30H/i1D,3D,5D,6D,7D,8D,9D,13D,15D,18D,20D,21D,22D,23D,24D. The molecule has 0 aliphatic rings. The zero-order valence-corrected chi connectivity index (χ0v) is 26.6. The molecule has 236 valence electrons. The van der Waals surface area contributed by atoms with Gasteiger partial charge in [-0.2, -0.15) is 0 Å². The van der Waals surface area contributed by atoms with E-state index in [1.165, 1.54) is 0 Å². The highest BCUT2D eigenvalue weighted by Gasteiger charge is 2.22. The summed E-state index contributed by atoms with van der Waals surface area (Å²) in [4.78, 5) is 0. The van der Waals surface area contributed by atoms with Crippen molar-refractivity contribution in [3.63, 3.8) is 0 Å². The SMILES string of the molecule is [2H]c1c([2H])c([2H])c2c(-c3c4c([2H])c([2H])c([2H])c([2H])c4c(-c4cccc5cccc(-c6cccc7oc8c9ccccc9ccc8c67)c45)c4c([2H])c([2H])c([2H])c([2H])c34)c([2H])c([2H])c([2H])c2c1[2H]. The zero-order valence-electron chi connectivity index (χ0n) is 41.6. The number of hydrogen-bond acceptors (Lipinski definition) is 1. The first-order valence-electron chi connectivity index (χ1n) is 23.9. The average molecular weight is 662 g/mol. The van der Waals surface area contributed by atoms with Gasteiger partial charge in [0.15, 0.2) is 0 Å². The van der Waals surface area contributed by atoms with E-state index in [-0.39, 0.29) is 32.7 Å². The van der Waals surface area contributed by atoms with Gasteiger partial charge >= 0.3 is 0 Å². The Hall–Kier alpha value is -6.70. The summed E-state index contributed by atoms with van der Waals surface area (Å²) < 4.78 is 143. The van der Waals surface area contributed by atoms with Gasteiger partial charge in [0.1, 0.15) is 11.2 Å². The van der Waals surface area contributed by atoms with Crippen LogP contribution < -0.4 is 0 Å². The van der Waals surface area contributed by atoms with Crippen molar-refractivity contribution in [3.8, 4) is 33.4 Å². The molecule has 10 aromatic carbocycles.